The predicted molar refractivity (Wildman–Crippen MR) is 110 cm³/mol. The molecule has 0 saturated carbocycles. The Morgan fingerprint density at radius 3 is 2.29 bits per heavy atom. The summed E-state index contributed by atoms with van der Waals surface area (Å²) >= 11 is 0. The zero-order chi connectivity index (χ0) is 25.3. The highest BCUT2D eigenvalue weighted by Crippen LogP contribution is 2.37. The van der Waals surface area contributed by atoms with Gasteiger partial charge >= 0.3 is 12.4 Å². The molecule has 1 amide bonds. The molecular formula is C22H18F6N4O2. The monoisotopic (exact) mass is 484 g/mol. The number of H-pyrrole nitrogens is 1. The van der Waals surface area contributed by atoms with Gasteiger partial charge in [-0.1, -0.05) is 19.9 Å². The standard InChI is InChI=1S/C22H18F6N4O2/c1-11(2)20(34)30-9-12-3-5-15(21(23,24)25)14(7-12)19-31-16(8-18(33)32-19)13-4-6-17(29-10-13)22(26,27)28/h3-8,10-11H,9H2,1-2H3,(H,30,34)(H,31,32,33). The Kier molecular flexibility index (Phi) is 6.80. The molecule has 3 rings (SSSR count). The number of hydrogen-bond donors (Lipinski definition) is 2. The average Bonchev–Trinajstić information content (AvgIpc) is 2.75. The van der Waals surface area contributed by atoms with Gasteiger partial charge in [0, 0.05) is 35.9 Å². The van der Waals surface area contributed by atoms with E-state index in [0.717, 1.165) is 30.5 Å². The van der Waals surface area contributed by atoms with E-state index in [-0.39, 0.29) is 29.6 Å². The summed E-state index contributed by atoms with van der Waals surface area (Å²) in [6.07, 6.45) is -8.64. The molecular weight excluding hydrogens is 466 g/mol. The van der Waals surface area contributed by atoms with Crippen LogP contribution in [0.2, 0.25) is 0 Å². The molecule has 6 nitrogen and oxygen atoms in total. The lowest BCUT2D eigenvalue weighted by molar-refractivity contribution is -0.141. The van der Waals surface area contributed by atoms with Crippen molar-refractivity contribution < 1.29 is 31.1 Å². The van der Waals surface area contributed by atoms with E-state index >= 15 is 0 Å². The Morgan fingerprint density at radius 2 is 1.74 bits per heavy atom. The van der Waals surface area contributed by atoms with Crippen LogP contribution < -0.4 is 10.9 Å². The van der Waals surface area contributed by atoms with Gasteiger partial charge in [0.05, 0.1) is 11.3 Å². The summed E-state index contributed by atoms with van der Waals surface area (Å²) in [7, 11) is 0. The number of hydrogen-bond acceptors (Lipinski definition) is 4. The first-order chi connectivity index (χ1) is 15.8. The second-order valence-electron chi connectivity index (χ2n) is 7.66. The van der Waals surface area contributed by atoms with Gasteiger partial charge in [-0.15, -0.1) is 0 Å². The average molecular weight is 484 g/mol. The molecule has 12 heteroatoms. The van der Waals surface area contributed by atoms with Crippen molar-refractivity contribution in [3.8, 4) is 22.6 Å². The van der Waals surface area contributed by atoms with Gasteiger partial charge in [0.2, 0.25) is 5.91 Å². The summed E-state index contributed by atoms with van der Waals surface area (Å²) in [5.41, 5.74) is -3.36. The molecule has 0 spiro atoms. The summed E-state index contributed by atoms with van der Waals surface area (Å²) in [5, 5.41) is 2.59. The summed E-state index contributed by atoms with van der Waals surface area (Å²) < 4.78 is 79.2. The van der Waals surface area contributed by atoms with E-state index < -0.39 is 40.6 Å². The van der Waals surface area contributed by atoms with Crippen LogP contribution in [0.15, 0.2) is 47.4 Å². The van der Waals surface area contributed by atoms with Crippen LogP contribution in [0, 0.1) is 5.92 Å². The maximum absolute atomic E-state index is 13.7. The summed E-state index contributed by atoms with van der Waals surface area (Å²) in [5.74, 6) is -1.07. The van der Waals surface area contributed by atoms with E-state index in [2.05, 4.69) is 20.3 Å². The topological polar surface area (TPSA) is 87.7 Å². The first kappa shape index (κ1) is 24.9. The van der Waals surface area contributed by atoms with E-state index in [1.807, 2.05) is 0 Å². The van der Waals surface area contributed by atoms with E-state index in [4.69, 9.17) is 0 Å². The minimum Gasteiger partial charge on any atom is -0.352 e. The second kappa shape index (κ2) is 9.27. The number of halogens is 6. The van der Waals surface area contributed by atoms with Crippen LogP contribution in [0.4, 0.5) is 26.3 Å². The highest BCUT2D eigenvalue weighted by molar-refractivity contribution is 5.78. The molecule has 2 heterocycles. The number of carbonyl (C=O) groups is 1. The molecule has 0 aliphatic carbocycles. The molecule has 1 aromatic carbocycles. The van der Waals surface area contributed by atoms with Crippen LogP contribution in [0.25, 0.3) is 22.6 Å². The van der Waals surface area contributed by atoms with Crippen molar-refractivity contribution in [1.29, 1.82) is 0 Å². The lowest BCUT2D eigenvalue weighted by Crippen LogP contribution is -2.27. The van der Waals surface area contributed by atoms with Gasteiger partial charge in [0.25, 0.3) is 5.56 Å². The molecule has 3 aromatic rings. The van der Waals surface area contributed by atoms with Crippen LogP contribution in [0.3, 0.4) is 0 Å². The molecule has 0 aliphatic rings. The van der Waals surface area contributed by atoms with Crippen LogP contribution in [-0.2, 0) is 23.7 Å². The fourth-order valence-electron chi connectivity index (χ4n) is 2.98. The third kappa shape index (κ3) is 5.80. The van der Waals surface area contributed by atoms with E-state index in [9.17, 15) is 35.9 Å². The summed E-state index contributed by atoms with van der Waals surface area (Å²) in [6.45, 7) is 3.25. The minimum absolute atomic E-state index is 0.00857. The minimum atomic E-state index is -4.79. The first-order valence-electron chi connectivity index (χ1n) is 9.89. The maximum Gasteiger partial charge on any atom is 0.433 e. The van der Waals surface area contributed by atoms with E-state index in [1.165, 1.54) is 6.07 Å². The van der Waals surface area contributed by atoms with E-state index in [1.54, 1.807) is 13.8 Å². The van der Waals surface area contributed by atoms with Crippen molar-refractivity contribution in [2.24, 2.45) is 5.92 Å². The highest BCUT2D eigenvalue weighted by Gasteiger charge is 2.35. The van der Waals surface area contributed by atoms with Crippen LogP contribution >= 0.6 is 0 Å². The van der Waals surface area contributed by atoms with Gasteiger partial charge in [0.1, 0.15) is 11.5 Å². The largest absolute Gasteiger partial charge is 0.433 e. The van der Waals surface area contributed by atoms with Crippen molar-refractivity contribution in [2.45, 2.75) is 32.7 Å². The van der Waals surface area contributed by atoms with Crippen molar-refractivity contribution in [3.05, 3.63) is 69.8 Å². The molecule has 2 aromatic heterocycles. The Labute approximate surface area is 189 Å². The Balaban J connectivity index is 2.07. The number of aromatic nitrogens is 3. The Morgan fingerprint density at radius 1 is 1.03 bits per heavy atom. The molecule has 34 heavy (non-hydrogen) atoms. The summed E-state index contributed by atoms with van der Waals surface area (Å²) in [6, 6.07) is 5.76. The number of aromatic amines is 1. The van der Waals surface area contributed by atoms with Crippen molar-refractivity contribution in [1.82, 2.24) is 20.3 Å². The first-order valence-corrected chi connectivity index (χ1v) is 9.89. The van der Waals surface area contributed by atoms with Crippen LogP contribution in [0.5, 0.6) is 0 Å². The van der Waals surface area contributed by atoms with Crippen molar-refractivity contribution in [3.63, 3.8) is 0 Å². The predicted octanol–water partition coefficient (Wildman–Crippen LogP) is 4.81. The van der Waals surface area contributed by atoms with Crippen molar-refractivity contribution >= 4 is 5.91 Å². The Bertz CT molecular complexity index is 1250. The zero-order valence-corrected chi connectivity index (χ0v) is 17.8. The molecule has 180 valence electrons. The number of rotatable bonds is 5. The fraction of sp³-hybridized carbons (Fsp3) is 0.273. The quantitative estimate of drug-likeness (QED) is 0.509. The fourth-order valence-corrected chi connectivity index (χ4v) is 2.98. The molecule has 2 N–H and O–H groups in total. The van der Waals surface area contributed by atoms with E-state index in [0.29, 0.717) is 11.6 Å². The molecule has 0 saturated heterocycles. The molecule has 0 unspecified atom stereocenters. The van der Waals surface area contributed by atoms with Gasteiger partial charge in [-0.2, -0.15) is 26.3 Å². The smallest absolute Gasteiger partial charge is 0.352 e. The normalized spacial score (nSPS) is 12.1. The van der Waals surface area contributed by atoms with Gasteiger partial charge in [-0.05, 0) is 29.8 Å². The van der Waals surface area contributed by atoms with Gasteiger partial charge in [-0.3, -0.25) is 14.6 Å². The second-order valence-corrected chi connectivity index (χ2v) is 7.66. The number of amides is 1. The third-order valence-electron chi connectivity index (χ3n) is 4.73. The number of nitrogens with one attached hydrogen (secondary N) is 2. The molecule has 0 bridgehead atoms. The number of pyridine rings is 1. The molecule has 0 fully saturated rings. The van der Waals surface area contributed by atoms with Gasteiger partial charge in [0.15, 0.2) is 0 Å². The molecule has 0 atom stereocenters. The van der Waals surface area contributed by atoms with Crippen LogP contribution in [-0.4, -0.2) is 20.9 Å². The third-order valence-corrected chi connectivity index (χ3v) is 4.73. The lowest BCUT2D eigenvalue weighted by Gasteiger charge is -2.15. The maximum atomic E-state index is 13.7. The zero-order valence-electron chi connectivity index (χ0n) is 17.8. The number of carbonyl (C=O) groups excluding carboxylic acids is 1. The number of nitrogens with zero attached hydrogens (tertiary/aromatic N) is 2. The van der Waals surface area contributed by atoms with Gasteiger partial charge in [-0.25, -0.2) is 4.98 Å². The molecule has 0 aliphatic heterocycles. The van der Waals surface area contributed by atoms with Crippen molar-refractivity contribution in [2.75, 3.05) is 0 Å². The summed E-state index contributed by atoms with van der Waals surface area (Å²) in [4.78, 5) is 33.6. The Hall–Kier alpha value is -3.70. The SMILES string of the molecule is CC(C)C(=O)NCc1ccc(C(F)(F)F)c(-c2nc(-c3ccc(C(F)(F)F)nc3)cc(=O)[nH]2)c1. The number of benzene rings is 1. The van der Waals surface area contributed by atoms with Crippen LogP contribution in [0.1, 0.15) is 30.7 Å². The van der Waals surface area contributed by atoms with Gasteiger partial charge < -0.3 is 10.3 Å². The highest BCUT2D eigenvalue weighted by atomic mass is 19.4. The number of alkyl halides is 6. The lowest BCUT2D eigenvalue weighted by atomic mass is 10.0. The molecule has 0 radical (unpaired) electrons.